The lowest BCUT2D eigenvalue weighted by Crippen LogP contribution is -2.42. The summed E-state index contributed by atoms with van der Waals surface area (Å²) in [7, 11) is 0. The van der Waals surface area contributed by atoms with Crippen LogP contribution in [0.5, 0.6) is 0 Å². The van der Waals surface area contributed by atoms with Crippen molar-refractivity contribution >= 4 is 11.8 Å². The summed E-state index contributed by atoms with van der Waals surface area (Å²) >= 11 is 1.71. The number of hydrogen-bond donors (Lipinski definition) is 2. The van der Waals surface area contributed by atoms with E-state index in [9.17, 15) is 5.11 Å². The molecule has 18 heavy (non-hydrogen) atoms. The number of benzene rings is 1. The van der Waals surface area contributed by atoms with Gasteiger partial charge in [-0.3, -0.25) is 0 Å². The highest BCUT2D eigenvalue weighted by Gasteiger charge is 2.42. The maximum Gasteiger partial charge on any atom is 0.0890 e. The predicted octanol–water partition coefficient (Wildman–Crippen LogP) is 3.00. The Bertz CT molecular complexity index is 386. The molecule has 0 spiro atoms. The molecule has 1 aliphatic rings. The van der Waals surface area contributed by atoms with Gasteiger partial charge in [-0.05, 0) is 42.4 Å². The van der Waals surface area contributed by atoms with Gasteiger partial charge in [0.2, 0.25) is 0 Å². The first-order valence-corrected chi connectivity index (χ1v) is 7.69. The van der Waals surface area contributed by atoms with Gasteiger partial charge in [0.15, 0.2) is 0 Å². The van der Waals surface area contributed by atoms with Crippen LogP contribution in [0, 0.1) is 5.92 Å². The fourth-order valence-electron chi connectivity index (χ4n) is 2.12. The molecule has 1 atom stereocenters. The zero-order valence-electron chi connectivity index (χ0n) is 11.2. The molecule has 1 aromatic rings. The van der Waals surface area contributed by atoms with Gasteiger partial charge < -0.3 is 10.8 Å². The maximum absolute atomic E-state index is 10.4. The molecule has 1 aromatic carbocycles. The minimum absolute atomic E-state index is 0.370. The SMILES string of the molecule is CC(C)c1ccc(SCC(O)(CN)C2CC2)cc1. The first kappa shape index (κ1) is 13.9. The number of hydrogen-bond acceptors (Lipinski definition) is 3. The van der Waals surface area contributed by atoms with Crippen LogP contribution in [0.3, 0.4) is 0 Å². The van der Waals surface area contributed by atoms with Crippen LogP contribution in [0.25, 0.3) is 0 Å². The van der Waals surface area contributed by atoms with E-state index in [0.717, 1.165) is 12.8 Å². The van der Waals surface area contributed by atoms with Crippen LogP contribution in [-0.4, -0.2) is 23.0 Å². The summed E-state index contributed by atoms with van der Waals surface area (Å²) in [4.78, 5) is 1.21. The Kier molecular flexibility index (Phi) is 4.36. The molecule has 0 aromatic heterocycles. The standard InChI is InChI=1S/C15H23NOS/c1-11(2)12-3-7-14(8-4-12)18-10-15(17,9-16)13-5-6-13/h3-4,7-8,11,13,17H,5-6,9-10,16H2,1-2H3. The third-order valence-corrected chi connectivity index (χ3v) is 4.98. The monoisotopic (exact) mass is 265 g/mol. The van der Waals surface area contributed by atoms with Crippen molar-refractivity contribution in [3.05, 3.63) is 29.8 Å². The average molecular weight is 265 g/mol. The van der Waals surface area contributed by atoms with Crippen molar-refractivity contribution in [3.8, 4) is 0 Å². The zero-order chi connectivity index (χ0) is 13.2. The fraction of sp³-hybridized carbons (Fsp3) is 0.600. The molecule has 0 heterocycles. The third-order valence-electron chi connectivity index (χ3n) is 3.73. The number of thioether (sulfide) groups is 1. The lowest BCUT2D eigenvalue weighted by atomic mass is 10.0. The van der Waals surface area contributed by atoms with E-state index in [1.807, 2.05) is 0 Å². The summed E-state index contributed by atoms with van der Waals surface area (Å²) in [6, 6.07) is 8.63. The minimum Gasteiger partial charge on any atom is -0.387 e. The van der Waals surface area contributed by atoms with Gasteiger partial charge >= 0.3 is 0 Å². The fourth-order valence-corrected chi connectivity index (χ4v) is 3.22. The first-order chi connectivity index (χ1) is 8.55. The van der Waals surface area contributed by atoms with Gasteiger partial charge in [-0.2, -0.15) is 0 Å². The molecule has 3 N–H and O–H groups in total. The zero-order valence-corrected chi connectivity index (χ0v) is 12.0. The Morgan fingerprint density at radius 3 is 2.39 bits per heavy atom. The highest BCUT2D eigenvalue weighted by molar-refractivity contribution is 7.99. The Hall–Kier alpha value is -0.510. The predicted molar refractivity (Wildman–Crippen MR) is 78.0 cm³/mol. The minimum atomic E-state index is -0.665. The molecular formula is C15H23NOS. The molecule has 1 aliphatic carbocycles. The Balaban J connectivity index is 1.93. The van der Waals surface area contributed by atoms with E-state index in [2.05, 4.69) is 38.1 Å². The average Bonchev–Trinajstić information content (AvgIpc) is 3.21. The van der Waals surface area contributed by atoms with Gasteiger partial charge in [0.25, 0.3) is 0 Å². The van der Waals surface area contributed by atoms with Crippen LogP contribution in [0.15, 0.2) is 29.2 Å². The smallest absolute Gasteiger partial charge is 0.0890 e. The summed E-state index contributed by atoms with van der Waals surface area (Å²) in [6.45, 7) is 4.76. The topological polar surface area (TPSA) is 46.2 Å². The second-order valence-corrected chi connectivity index (χ2v) is 6.64. The van der Waals surface area contributed by atoms with Crippen molar-refractivity contribution in [1.29, 1.82) is 0 Å². The molecule has 3 heteroatoms. The summed E-state index contributed by atoms with van der Waals surface area (Å²) < 4.78 is 0. The highest BCUT2D eigenvalue weighted by atomic mass is 32.2. The van der Waals surface area contributed by atoms with Crippen LogP contribution < -0.4 is 5.73 Å². The molecule has 2 rings (SSSR count). The Morgan fingerprint density at radius 1 is 1.33 bits per heavy atom. The van der Waals surface area contributed by atoms with Gasteiger partial charge in [0.05, 0.1) is 5.60 Å². The van der Waals surface area contributed by atoms with Crippen LogP contribution in [0.1, 0.15) is 38.2 Å². The van der Waals surface area contributed by atoms with Crippen molar-refractivity contribution in [2.75, 3.05) is 12.3 Å². The van der Waals surface area contributed by atoms with Gasteiger partial charge in [-0.1, -0.05) is 26.0 Å². The second kappa shape index (κ2) is 5.64. The molecule has 0 bridgehead atoms. The van der Waals surface area contributed by atoms with Crippen LogP contribution in [0.4, 0.5) is 0 Å². The van der Waals surface area contributed by atoms with E-state index in [1.54, 1.807) is 11.8 Å². The lowest BCUT2D eigenvalue weighted by molar-refractivity contribution is 0.0510. The molecule has 0 saturated heterocycles. The molecule has 100 valence electrons. The van der Waals surface area contributed by atoms with Crippen molar-refractivity contribution in [2.45, 2.75) is 43.1 Å². The largest absolute Gasteiger partial charge is 0.387 e. The highest BCUT2D eigenvalue weighted by Crippen LogP contribution is 2.41. The Morgan fingerprint density at radius 2 is 1.94 bits per heavy atom. The van der Waals surface area contributed by atoms with Crippen molar-refractivity contribution < 1.29 is 5.11 Å². The van der Waals surface area contributed by atoms with Crippen molar-refractivity contribution in [3.63, 3.8) is 0 Å². The van der Waals surface area contributed by atoms with E-state index in [1.165, 1.54) is 10.5 Å². The molecular weight excluding hydrogens is 242 g/mol. The molecule has 0 aliphatic heterocycles. The molecule has 0 radical (unpaired) electrons. The van der Waals surface area contributed by atoms with E-state index >= 15 is 0 Å². The molecule has 2 nitrogen and oxygen atoms in total. The normalized spacial score (nSPS) is 18.9. The van der Waals surface area contributed by atoms with Crippen LogP contribution >= 0.6 is 11.8 Å². The van der Waals surface area contributed by atoms with E-state index < -0.39 is 5.60 Å². The second-order valence-electron chi connectivity index (χ2n) is 5.59. The molecule has 0 amide bonds. The maximum atomic E-state index is 10.4. The van der Waals surface area contributed by atoms with Crippen molar-refractivity contribution in [1.82, 2.24) is 0 Å². The van der Waals surface area contributed by atoms with Gasteiger partial charge in [-0.25, -0.2) is 0 Å². The third kappa shape index (κ3) is 3.28. The van der Waals surface area contributed by atoms with Crippen molar-refractivity contribution in [2.24, 2.45) is 11.7 Å². The molecule has 1 saturated carbocycles. The van der Waals surface area contributed by atoms with Gasteiger partial charge in [-0.15, -0.1) is 11.8 Å². The summed E-state index contributed by atoms with van der Waals surface area (Å²) in [5.41, 5.74) is 6.40. The van der Waals surface area contributed by atoms with Gasteiger partial charge in [0, 0.05) is 17.2 Å². The number of rotatable bonds is 6. The first-order valence-electron chi connectivity index (χ1n) is 6.70. The van der Waals surface area contributed by atoms with E-state index in [4.69, 9.17) is 5.73 Å². The van der Waals surface area contributed by atoms with E-state index in [0.29, 0.717) is 24.1 Å². The van der Waals surface area contributed by atoms with Crippen LogP contribution in [0.2, 0.25) is 0 Å². The van der Waals surface area contributed by atoms with Crippen LogP contribution in [-0.2, 0) is 0 Å². The number of nitrogens with two attached hydrogens (primary N) is 1. The Labute approximate surface area is 114 Å². The molecule has 1 fully saturated rings. The molecule has 1 unspecified atom stereocenters. The van der Waals surface area contributed by atoms with E-state index in [-0.39, 0.29) is 0 Å². The summed E-state index contributed by atoms with van der Waals surface area (Å²) in [5, 5.41) is 10.4. The van der Waals surface area contributed by atoms with Gasteiger partial charge in [0.1, 0.15) is 0 Å². The lowest BCUT2D eigenvalue weighted by Gasteiger charge is -2.26. The summed E-state index contributed by atoms with van der Waals surface area (Å²) in [6.07, 6.45) is 2.25. The summed E-state index contributed by atoms with van der Waals surface area (Å²) in [5.74, 6) is 1.69. The number of aliphatic hydroxyl groups is 1. The quantitative estimate of drug-likeness (QED) is 0.777.